The third-order valence-electron chi connectivity index (χ3n) is 8.47. The molecule has 0 unspecified atom stereocenters. The van der Waals surface area contributed by atoms with E-state index in [1.54, 1.807) is 54.5 Å². The summed E-state index contributed by atoms with van der Waals surface area (Å²) in [5.74, 6) is 1.19. The Balaban J connectivity index is 1.28. The number of aryl methyl sites for hydroxylation is 3. The number of aromatic nitrogens is 2. The Morgan fingerprint density at radius 1 is 0.872 bits per heavy atom. The first-order valence-corrected chi connectivity index (χ1v) is 15.4. The van der Waals surface area contributed by atoms with Gasteiger partial charge in [0.05, 0.1) is 49.2 Å². The van der Waals surface area contributed by atoms with Crippen molar-refractivity contribution < 1.29 is 33.3 Å². The molecule has 1 fully saturated rings. The maximum absolute atomic E-state index is 13.8. The van der Waals surface area contributed by atoms with Gasteiger partial charge in [0.1, 0.15) is 17.6 Å². The summed E-state index contributed by atoms with van der Waals surface area (Å²) in [4.78, 5) is 50.5. The van der Waals surface area contributed by atoms with Gasteiger partial charge >= 0.3 is 0 Å². The van der Waals surface area contributed by atoms with Crippen molar-refractivity contribution in [2.24, 2.45) is 0 Å². The highest BCUT2D eigenvalue weighted by atomic mass is 16.5. The molecule has 0 saturated carbocycles. The molecule has 244 valence electrons. The van der Waals surface area contributed by atoms with Crippen LogP contribution in [0.4, 0.5) is 0 Å². The van der Waals surface area contributed by atoms with Crippen LogP contribution in [0.3, 0.4) is 0 Å². The molecule has 1 saturated heterocycles. The summed E-state index contributed by atoms with van der Waals surface area (Å²) in [6, 6.07) is 15.4. The van der Waals surface area contributed by atoms with Crippen LogP contribution in [0.1, 0.15) is 39.3 Å². The van der Waals surface area contributed by atoms with Gasteiger partial charge in [0.2, 0.25) is 5.91 Å². The molecule has 2 N–H and O–H groups in total. The van der Waals surface area contributed by atoms with Crippen molar-refractivity contribution >= 4 is 28.8 Å². The molecule has 4 aromatic rings. The molecule has 2 atom stereocenters. The Morgan fingerprint density at radius 2 is 1.66 bits per heavy atom. The Kier molecular flexibility index (Phi) is 9.10. The highest BCUT2D eigenvalue weighted by Gasteiger charge is 2.38. The van der Waals surface area contributed by atoms with E-state index in [1.165, 1.54) is 7.11 Å². The maximum Gasteiger partial charge on any atom is 0.258 e. The predicted molar refractivity (Wildman–Crippen MR) is 173 cm³/mol. The Morgan fingerprint density at radius 3 is 2.45 bits per heavy atom. The fourth-order valence-electron chi connectivity index (χ4n) is 5.78. The molecule has 6 heterocycles. The highest BCUT2D eigenvalue weighted by molar-refractivity contribution is 5.97. The van der Waals surface area contributed by atoms with Crippen LogP contribution in [0.15, 0.2) is 54.6 Å². The molecule has 5 aliphatic heterocycles. The van der Waals surface area contributed by atoms with E-state index in [1.807, 2.05) is 26.0 Å². The number of carbonyl (C=O) groups excluding carboxylic acids is 3. The number of nitrogens with one attached hydrogen (secondary N) is 2. The zero-order valence-corrected chi connectivity index (χ0v) is 26.8. The lowest BCUT2D eigenvalue weighted by atomic mass is 10.1. The number of fused-ring (bicyclic) bond motifs is 1. The summed E-state index contributed by atoms with van der Waals surface area (Å²) < 4.78 is 23.3. The minimum absolute atomic E-state index is 0.111. The highest BCUT2D eigenvalue weighted by Crippen LogP contribution is 2.30. The summed E-state index contributed by atoms with van der Waals surface area (Å²) in [6.45, 7) is 4.21. The normalized spacial score (nSPS) is 18.5. The van der Waals surface area contributed by atoms with Gasteiger partial charge in [0, 0.05) is 36.7 Å². The van der Waals surface area contributed by atoms with Crippen LogP contribution in [-0.4, -0.2) is 78.7 Å². The van der Waals surface area contributed by atoms with Gasteiger partial charge in [0.15, 0.2) is 18.1 Å². The van der Waals surface area contributed by atoms with E-state index in [0.717, 1.165) is 22.5 Å². The third-order valence-corrected chi connectivity index (χ3v) is 8.47. The second kappa shape index (κ2) is 13.5. The Bertz CT molecular complexity index is 1850. The van der Waals surface area contributed by atoms with E-state index < -0.39 is 12.1 Å². The van der Waals surface area contributed by atoms with Crippen molar-refractivity contribution in [2.45, 2.75) is 45.4 Å². The lowest BCUT2D eigenvalue weighted by Crippen LogP contribution is -2.46. The van der Waals surface area contributed by atoms with Gasteiger partial charge in [-0.15, -0.1) is 0 Å². The Labute approximate surface area is 272 Å². The largest absolute Gasteiger partial charge is 0.496 e. The van der Waals surface area contributed by atoms with Gasteiger partial charge in [-0.2, -0.15) is 0 Å². The first kappa shape index (κ1) is 31.6. The number of nitrogens with zero attached hydrogens (tertiary/aromatic N) is 3. The standard InChI is InChI=1S/C35H37N5O7/c1-20-21(2)38-27-14-23(8-10-26(27)37-20)35(43)40-17-28-32(18-40)47-25-9-7-24(30(15-25)44-3)16-36-33(41)12-6-22-5-11-29(31(13-22)45-4)46-19-34(42)39-28/h5,7-11,13-15,28,32H,6,12,16-19H2,1-4H3,(H,36,41)(H,39,42)/t28-,32-/m1/s1. The third kappa shape index (κ3) is 7.06. The fraction of sp³-hybridized carbons (Fsp3) is 0.343. The smallest absolute Gasteiger partial charge is 0.258 e. The monoisotopic (exact) mass is 639 g/mol. The second-order valence-electron chi connectivity index (χ2n) is 11.7. The number of methoxy groups -OCH3 is 2. The number of benzene rings is 3. The summed E-state index contributed by atoms with van der Waals surface area (Å²) >= 11 is 0. The number of rotatable bonds is 3. The van der Waals surface area contributed by atoms with Gasteiger partial charge in [-0.25, -0.2) is 9.97 Å². The molecule has 3 amide bonds. The van der Waals surface area contributed by atoms with E-state index in [2.05, 4.69) is 20.6 Å². The van der Waals surface area contributed by atoms with Crippen LogP contribution in [0.5, 0.6) is 23.0 Å². The lowest BCUT2D eigenvalue weighted by Gasteiger charge is -2.22. The molecule has 9 rings (SSSR count). The molecule has 1 aromatic heterocycles. The molecule has 12 heteroatoms. The lowest BCUT2D eigenvalue weighted by molar-refractivity contribution is -0.124. The molecule has 0 radical (unpaired) electrons. The Hall–Kier alpha value is -5.39. The van der Waals surface area contributed by atoms with Gasteiger partial charge in [-0.1, -0.05) is 6.07 Å². The topological polar surface area (TPSA) is 141 Å². The van der Waals surface area contributed by atoms with Crippen LogP contribution in [0.2, 0.25) is 0 Å². The number of carbonyl (C=O) groups is 3. The van der Waals surface area contributed by atoms with Crippen molar-refractivity contribution in [1.82, 2.24) is 25.5 Å². The van der Waals surface area contributed by atoms with Crippen LogP contribution in [0.25, 0.3) is 11.0 Å². The zero-order valence-electron chi connectivity index (χ0n) is 26.8. The van der Waals surface area contributed by atoms with Gasteiger partial charge in [0.25, 0.3) is 11.8 Å². The molecule has 12 nitrogen and oxygen atoms in total. The average molecular weight is 640 g/mol. The van der Waals surface area contributed by atoms with Gasteiger partial charge < -0.3 is 34.5 Å². The van der Waals surface area contributed by atoms with Gasteiger partial charge in [-0.3, -0.25) is 14.4 Å². The molecule has 0 spiro atoms. The van der Waals surface area contributed by atoms with Crippen molar-refractivity contribution in [2.75, 3.05) is 33.9 Å². The number of ether oxygens (including phenoxy) is 4. The zero-order chi connectivity index (χ0) is 33.1. The first-order valence-electron chi connectivity index (χ1n) is 15.4. The molecule has 4 bridgehead atoms. The average Bonchev–Trinajstić information content (AvgIpc) is 3.46. The summed E-state index contributed by atoms with van der Waals surface area (Å²) in [7, 11) is 3.07. The maximum atomic E-state index is 13.8. The predicted octanol–water partition coefficient (Wildman–Crippen LogP) is 3.29. The molecular formula is C35H37N5O7. The number of hydrogen-bond acceptors (Lipinski definition) is 9. The van der Waals surface area contributed by atoms with E-state index in [4.69, 9.17) is 18.9 Å². The number of likely N-dealkylation sites (tertiary alicyclic amines) is 1. The minimum Gasteiger partial charge on any atom is -0.496 e. The van der Waals surface area contributed by atoms with Crippen LogP contribution in [-0.2, 0) is 22.6 Å². The van der Waals surface area contributed by atoms with Crippen LogP contribution < -0.4 is 29.6 Å². The fourth-order valence-corrected chi connectivity index (χ4v) is 5.78. The van der Waals surface area contributed by atoms with Crippen molar-refractivity contribution in [3.63, 3.8) is 0 Å². The van der Waals surface area contributed by atoms with Crippen molar-refractivity contribution in [3.05, 3.63) is 82.7 Å². The number of amides is 3. The quantitative estimate of drug-likeness (QED) is 0.346. The van der Waals surface area contributed by atoms with E-state index >= 15 is 0 Å². The molecule has 47 heavy (non-hydrogen) atoms. The van der Waals surface area contributed by atoms with Crippen LogP contribution >= 0.6 is 0 Å². The minimum atomic E-state index is -0.581. The second-order valence-corrected chi connectivity index (χ2v) is 11.7. The molecule has 5 aliphatic rings. The summed E-state index contributed by atoms with van der Waals surface area (Å²) in [5, 5.41) is 5.96. The molecule has 3 aromatic carbocycles. The molecular weight excluding hydrogens is 602 g/mol. The van der Waals surface area contributed by atoms with E-state index in [0.29, 0.717) is 46.0 Å². The van der Waals surface area contributed by atoms with E-state index in [-0.39, 0.29) is 50.4 Å². The molecule has 0 aliphatic carbocycles. The van der Waals surface area contributed by atoms with Gasteiger partial charge in [-0.05, 0) is 68.3 Å². The summed E-state index contributed by atoms with van der Waals surface area (Å²) in [5.41, 5.74) is 5.12. The van der Waals surface area contributed by atoms with Crippen molar-refractivity contribution in [3.8, 4) is 23.0 Å². The van der Waals surface area contributed by atoms with Crippen LogP contribution in [0, 0.1) is 13.8 Å². The summed E-state index contributed by atoms with van der Waals surface area (Å²) in [6.07, 6.45) is 0.194. The van der Waals surface area contributed by atoms with E-state index in [9.17, 15) is 14.4 Å². The first-order chi connectivity index (χ1) is 22.7. The number of hydrogen-bond donors (Lipinski definition) is 2. The SMILES string of the molecule is COc1cc2ccc1CNC(=O)CCc1ccc(c(OC)c1)OCC(=O)N[C@@H]1CN(C(=O)c3ccc4nc(C)c(C)nc4c3)C[C@H]1O2. The van der Waals surface area contributed by atoms with Crippen molar-refractivity contribution in [1.29, 1.82) is 0 Å².